The molecule has 0 spiro atoms. The first-order valence-corrected chi connectivity index (χ1v) is 10.9. The zero-order chi connectivity index (χ0) is 23.5. The van der Waals surface area contributed by atoms with E-state index in [-0.39, 0.29) is 18.9 Å². The van der Waals surface area contributed by atoms with Crippen molar-refractivity contribution in [3.8, 4) is 11.1 Å². The fraction of sp³-hybridized carbons (Fsp3) is 0.423. The number of carbonyl (C=O) groups excluding carboxylic acids is 3. The molecule has 32 heavy (non-hydrogen) atoms. The van der Waals surface area contributed by atoms with Gasteiger partial charge in [-0.05, 0) is 49.9 Å². The summed E-state index contributed by atoms with van der Waals surface area (Å²) in [5.74, 6) is -2.01. The van der Waals surface area contributed by atoms with E-state index in [0.717, 1.165) is 22.3 Å². The molecule has 0 saturated heterocycles. The van der Waals surface area contributed by atoms with Crippen LogP contribution in [0.4, 0.5) is 0 Å². The van der Waals surface area contributed by atoms with Gasteiger partial charge in [0.1, 0.15) is 18.2 Å². The summed E-state index contributed by atoms with van der Waals surface area (Å²) in [6.07, 6.45) is -0.0666. The molecule has 0 heterocycles. The molecule has 0 aliphatic heterocycles. The number of nitrogens with one attached hydrogen (secondary N) is 1. The first-order valence-electron chi connectivity index (χ1n) is 10.9. The lowest BCUT2D eigenvalue weighted by Crippen LogP contribution is -2.44. The minimum Gasteiger partial charge on any atom is -0.465 e. The monoisotopic (exact) mass is 437 g/mol. The number of benzene rings is 2. The fourth-order valence-corrected chi connectivity index (χ4v) is 3.82. The van der Waals surface area contributed by atoms with Crippen LogP contribution < -0.4 is 5.32 Å². The van der Waals surface area contributed by atoms with Crippen LogP contribution in [-0.2, 0) is 23.9 Å². The van der Waals surface area contributed by atoms with Crippen LogP contribution in [0.5, 0.6) is 0 Å². The fourth-order valence-electron chi connectivity index (χ4n) is 3.82. The van der Waals surface area contributed by atoms with E-state index in [2.05, 4.69) is 29.6 Å². The highest BCUT2D eigenvalue weighted by molar-refractivity contribution is 5.87. The van der Waals surface area contributed by atoms with E-state index in [1.807, 2.05) is 24.3 Å². The molecule has 0 fully saturated rings. The summed E-state index contributed by atoms with van der Waals surface area (Å²) < 4.78 is 10.8. The normalized spacial score (nSPS) is 14.7. The maximum Gasteiger partial charge on any atom is 0.328 e. The van der Waals surface area contributed by atoms with E-state index >= 15 is 0 Å². The zero-order valence-corrected chi connectivity index (χ0v) is 19.3. The number of ether oxygens (including phenoxy) is 2. The topological polar surface area (TPSA) is 81.7 Å². The summed E-state index contributed by atoms with van der Waals surface area (Å²) in [4.78, 5) is 36.9. The molecule has 3 rings (SSSR count). The van der Waals surface area contributed by atoms with Crippen molar-refractivity contribution in [1.29, 1.82) is 0 Å². The van der Waals surface area contributed by atoms with Gasteiger partial charge in [-0.3, -0.25) is 9.59 Å². The highest BCUT2D eigenvalue weighted by Gasteiger charge is 2.30. The van der Waals surface area contributed by atoms with Crippen molar-refractivity contribution in [1.82, 2.24) is 5.32 Å². The molecule has 2 aromatic carbocycles. The van der Waals surface area contributed by atoms with Gasteiger partial charge in [-0.15, -0.1) is 0 Å². The SMILES string of the molecule is C[C@H](CC(=O)OCC1c2ccccc2-c2ccccc21)C(=O)N[C@H](C)C(=O)OC(C)(C)C. The van der Waals surface area contributed by atoms with Crippen LogP contribution in [0.3, 0.4) is 0 Å². The molecule has 170 valence electrons. The van der Waals surface area contributed by atoms with Crippen molar-refractivity contribution >= 4 is 17.8 Å². The average Bonchev–Trinajstić information content (AvgIpc) is 3.04. The van der Waals surface area contributed by atoms with Gasteiger partial charge >= 0.3 is 11.9 Å². The van der Waals surface area contributed by atoms with E-state index in [1.165, 1.54) is 0 Å². The van der Waals surface area contributed by atoms with Crippen molar-refractivity contribution in [2.24, 2.45) is 5.92 Å². The Morgan fingerprint density at radius 3 is 2.00 bits per heavy atom. The minimum atomic E-state index is -0.799. The van der Waals surface area contributed by atoms with Gasteiger partial charge in [0.2, 0.25) is 5.91 Å². The third-order valence-corrected chi connectivity index (χ3v) is 5.41. The Morgan fingerprint density at radius 2 is 1.47 bits per heavy atom. The second-order valence-corrected chi connectivity index (χ2v) is 9.28. The van der Waals surface area contributed by atoms with Gasteiger partial charge < -0.3 is 14.8 Å². The minimum absolute atomic E-state index is 0.0253. The zero-order valence-electron chi connectivity index (χ0n) is 19.3. The second-order valence-electron chi connectivity index (χ2n) is 9.28. The smallest absolute Gasteiger partial charge is 0.328 e. The second kappa shape index (κ2) is 9.55. The molecule has 2 atom stereocenters. The van der Waals surface area contributed by atoms with Crippen molar-refractivity contribution in [2.75, 3.05) is 6.61 Å². The molecule has 0 aromatic heterocycles. The first kappa shape index (κ1) is 23.5. The van der Waals surface area contributed by atoms with Crippen molar-refractivity contribution < 1.29 is 23.9 Å². The summed E-state index contributed by atoms with van der Waals surface area (Å²) in [6, 6.07) is 15.4. The first-order chi connectivity index (χ1) is 15.1. The molecule has 0 unspecified atom stereocenters. The molecule has 0 bridgehead atoms. The van der Waals surface area contributed by atoms with Crippen LogP contribution in [0.1, 0.15) is 58.1 Å². The van der Waals surface area contributed by atoms with E-state index in [1.54, 1.807) is 34.6 Å². The Labute approximate surface area is 189 Å². The lowest BCUT2D eigenvalue weighted by molar-refractivity contribution is -0.158. The maximum absolute atomic E-state index is 12.5. The number of amides is 1. The number of fused-ring (bicyclic) bond motifs is 3. The largest absolute Gasteiger partial charge is 0.465 e. The predicted molar refractivity (Wildman–Crippen MR) is 122 cm³/mol. The van der Waals surface area contributed by atoms with Gasteiger partial charge in [-0.2, -0.15) is 0 Å². The molecule has 6 nitrogen and oxygen atoms in total. The third-order valence-electron chi connectivity index (χ3n) is 5.41. The van der Waals surface area contributed by atoms with Gasteiger partial charge in [0.25, 0.3) is 0 Å². The van der Waals surface area contributed by atoms with Crippen LogP contribution in [0.2, 0.25) is 0 Å². The Balaban J connectivity index is 1.54. The number of hydrogen-bond donors (Lipinski definition) is 1. The molecule has 0 radical (unpaired) electrons. The van der Waals surface area contributed by atoms with Crippen molar-refractivity contribution in [2.45, 2.75) is 58.6 Å². The van der Waals surface area contributed by atoms with E-state index in [9.17, 15) is 14.4 Å². The summed E-state index contributed by atoms with van der Waals surface area (Å²) >= 11 is 0. The van der Waals surface area contributed by atoms with Crippen molar-refractivity contribution in [3.05, 3.63) is 59.7 Å². The maximum atomic E-state index is 12.5. The molecule has 6 heteroatoms. The molecule has 2 aromatic rings. The molecular weight excluding hydrogens is 406 g/mol. The van der Waals surface area contributed by atoms with E-state index < -0.39 is 35.4 Å². The number of esters is 2. The Hall–Kier alpha value is -3.15. The molecule has 1 N–H and O–H groups in total. The molecule has 1 aliphatic carbocycles. The highest BCUT2D eigenvalue weighted by atomic mass is 16.6. The molecule has 1 aliphatic rings. The Bertz CT molecular complexity index is 962. The Kier molecular flexibility index (Phi) is 7.02. The van der Waals surface area contributed by atoms with E-state index in [0.29, 0.717) is 0 Å². The molecule has 0 saturated carbocycles. The quantitative estimate of drug-likeness (QED) is 0.656. The summed E-state index contributed by atoms with van der Waals surface area (Å²) in [5, 5.41) is 2.61. The predicted octanol–water partition coefficient (Wildman–Crippen LogP) is 4.21. The lowest BCUT2D eigenvalue weighted by atomic mass is 9.98. The average molecular weight is 438 g/mol. The van der Waals surface area contributed by atoms with Crippen LogP contribution in [0.25, 0.3) is 11.1 Å². The summed E-state index contributed by atoms with van der Waals surface area (Å²) in [5.41, 5.74) is 3.96. The molecule has 1 amide bonds. The summed E-state index contributed by atoms with van der Waals surface area (Å²) in [6.45, 7) is 8.71. The van der Waals surface area contributed by atoms with Crippen LogP contribution in [0, 0.1) is 5.92 Å². The van der Waals surface area contributed by atoms with Gasteiger partial charge in [-0.1, -0.05) is 55.5 Å². The number of rotatable bonds is 7. The van der Waals surface area contributed by atoms with Crippen LogP contribution in [0.15, 0.2) is 48.5 Å². The molecular formula is C26H31NO5. The third kappa shape index (κ3) is 5.55. The Morgan fingerprint density at radius 1 is 0.938 bits per heavy atom. The van der Waals surface area contributed by atoms with Gasteiger partial charge in [-0.25, -0.2) is 4.79 Å². The highest BCUT2D eigenvalue weighted by Crippen LogP contribution is 2.44. The summed E-state index contributed by atoms with van der Waals surface area (Å²) in [7, 11) is 0. The standard InChI is InChI=1S/C26H31NO5/c1-16(24(29)27-17(2)25(30)32-26(3,4)5)14-23(28)31-15-22-20-12-8-6-10-18(20)19-11-7-9-13-21(19)22/h6-13,16-17,22H,14-15H2,1-5H3,(H,27,29)/t16-,17-/m1/s1. The number of hydrogen-bond acceptors (Lipinski definition) is 5. The van der Waals surface area contributed by atoms with Gasteiger partial charge in [0.05, 0.1) is 6.42 Å². The van der Waals surface area contributed by atoms with E-state index in [4.69, 9.17) is 9.47 Å². The van der Waals surface area contributed by atoms with Crippen LogP contribution >= 0.6 is 0 Å². The van der Waals surface area contributed by atoms with Crippen LogP contribution in [-0.4, -0.2) is 36.1 Å². The van der Waals surface area contributed by atoms with Crippen molar-refractivity contribution in [3.63, 3.8) is 0 Å². The lowest BCUT2D eigenvalue weighted by Gasteiger charge is -2.23. The van der Waals surface area contributed by atoms with Gasteiger partial charge in [0.15, 0.2) is 0 Å². The number of carbonyl (C=O) groups is 3. The van der Waals surface area contributed by atoms with Gasteiger partial charge in [0, 0.05) is 11.8 Å².